The third kappa shape index (κ3) is 3.19. The van der Waals surface area contributed by atoms with Gasteiger partial charge in [-0.25, -0.2) is 9.59 Å². The number of ether oxygens (including phenoxy) is 1. The first-order valence-corrected chi connectivity index (χ1v) is 9.93. The second-order valence-electron chi connectivity index (χ2n) is 7.90. The summed E-state index contributed by atoms with van der Waals surface area (Å²) in [4.78, 5) is 28.9. The Morgan fingerprint density at radius 2 is 1.58 bits per heavy atom. The molecule has 0 spiro atoms. The number of likely N-dealkylation sites (tertiary alicyclic amines) is 1. The molecule has 140 valence electrons. The summed E-state index contributed by atoms with van der Waals surface area (Å²) in [5.74, 6) is 0.183. The highest BCUT2D eigenvalue weighted by atomic mass is 16.5. The number of esters is 1. The first kappa shape index (κ1) is 17.4. The summed E-state index contributed by atoms with van der Waals surface area (Å²) in [5, 5.41) is 0. The quantitative estimate of drug-likeness (QED) is 0.758. The lowest BCUT2D eigenvalue weighted by atomic mass is 9.85. The molecule has 0 aromatic heterocycles. The molecule has 5 heteroatoms. The minimum Gasteiger partial charge on any atom is -0.465 e. The average Bonchev–Trinajstić information content (AvgIpc) is 2.96. The molecule has 3 aliphatic heterocycles. The molecule has 0 N–H and O–H groups in total. The summed E-state index contributed by atoms with van der Waals surface area (Å²) < 4.78 is 4.78. The number of fused-ring (bicyclic) bond motifs is 2. The number of amides is 2. The van der Waals surface area contributed by atoms with Gasteiger partial charge in [-0.2, -0.15) is 0 Å². The van der Waals surface area contributed by atoms with Gasteiger partial charge in [0.2, 0.25) is 0 Å². The van der Waals surface area contributed by atoms with Crippen molar-refractivity contribution in [3.63, 3.8) is 0 Å². The van der Waals surface area contributed by atoms with Gasteiger partial charge in [-0.1, -0.05) is 12.1 Å². The molecule has 2 atom stereocenters. The maximum atomic E-state index is 13.0. The number of hydrogen-bond donors (Lipinski definition) is 0. The summed E-state index contributed by atoms with van der Waals surface area (Å²) >= 11 is 0. The summed E-state index contributed by atoms with van der Waals surface area (Å²) in [6, 6.07) is 8.83. The number of methoxy groups -OCH3 is 1. The van der Waals surface area contributed by atoms with E-state index in [2.05, 4.69) is 21.9 Å². The van der Waals surface area contributed by atoms with Crippen LogP contribution in [-0.4, -0.2) is 54.1 Å². The van der Waals surface area contributed by atoms with Crippen LogP contribution in [0.3, 0.4) is 0 Å². The third-order valence-electron chi connectivity index (χ3n) is 6.38. The van der Waals surface area contributed by atoms with Crippen molar-refractivity contribution in [3.05, 3.63) is 35.4 Å². The summed E-state index contributed by atoms with van der Waals surface area (Å²) in [5.41, 5.74) is 1.87. The van der Waals surface area contributed by atoms with Crippen molar-refractivity contribution in [2.24, 2.45) is 0 Å². The van der Waals surface area contributed by atoms with Crippen LogP contribution in [0.2, 0.25) is 0 Å². The Morgan fingerprint density at radius 3 is 2.15 bits per heavy atom. The third-order valence-corrected chi connectivity index (χ3v) is 6.38. The zero-order chi connectivity index (χ0) is 18.1. The molecule has 1 aromatic rings. The number of benzene rings is 1. The first-order valence-electron chi connectivity index (χ1n) is 9.93. The maximum absolute atomic E-state index is 13.0. The maximum Gasteiger partial charge on any atom is 0.337 e. The lowest BCUT2D eigenvalue weighted by Gasteiger charge is -2.42. The number of piperidine rings is 2. The lowest BCUT2D eigenvalue weighted by molar-refractivity contribution is 0.0600. The van der Waals surface area contributed by atoms with E-state index in [0.29, 0.717) is 23.6 Å². The van der Waals surface area contributed by atoms with Crippen LogP contribution < -0.4 is 0 Å². The molecule has 3 heterocycles. The van der Waals surface area contributed by atoms with Gasteiger partial charge in [0.15, 0.2) is 0 Å². The molecule has 2 bridgehead atoms. The number of rotatable bonds is 2. The first-order chi connectivity index (χ1) is 12.7. The predicted octanol–water partition coefficient (Wildman–Crippen LogP) is 3.79. The minimum absolute atomic E-state index is 0.275. The highest BCUT2D eigenvalue weighted by molar-refractivity contribution is 5.89. The van der Waals surface area contributed by atoms with E-state index < -0.39 is 0 Å². The lowest BCUT2D eigenvalue weighted by Crippen LogP contribution is -2.53. The minimum atomic E-state index is -0.293. The molecule has 3 aliphatic rings. The normalized spacial score (nSPS) is 28.1. The fourth-order valence-corrected chi connectivity index (χ4v) is 5.02. The van der Waals surface area contributed by atoms with E-state index in [9.17, 15) is 9.59 Å². The molecular weight excluding hydrogens is 328 g/mol. The highest BCUT2D eigenvalue weighted by Crippen LogP contribution is 2.43. The van der Waals surface area contributed by atoms with Gasteiger partial charge in [-0.3, -0.25) is 0 Å². The molecule has 0 aliphatic carbocycles. The van der Waals surface area contributed by atoms with Crippen molar-refractivity contribution in [1.82, 2.24) is 9.80 Å². The van der Waals surface area contributed by atoms with Gasteiger partial charge < -0.3 is 14.5 Å². The molecule has 26 heavy (non-hydrogen) atoms. The Hall–Kier alpha value is -2.04. The van der Waals surface area contributed by atoms with Gasteiger partial charge >= 0.3 is 12.0 Å². The smallest absolute Gasteiger partial charge is 0.337 e. The van der Waals surface area contributed by atoms with Crippen LogP contribution in [0, 0.1) is 0 Å². The molecule has 3 fully saturated rings. The fraction of sp³-hybridized carbons (Fsp3) is 0.619. The van der Waals surface area contributed by atoms with Gasteiger partial charge in [-0.15, -0.1) is 0 Å². The van der Waals surface area contributed by atoms with Crippen LogP contribution in [0.1, 0.15) is 66.8 Å². The van der Waals surface area contributed by atoms with Crippen molar-refractivity contribution in [3.8, 4) is 0 Å². The van der Waals surface area contributed by atoms with Gasteiger partial charge in [0, 0.05) is 25.2 Å². The summed E-state index contributed by atoms with van der Waals surface area (Å²) in [7, 11) is 1.41. The Balaban J connectivity index is 1.44. The number of carbonyl (C=O) groups is 2. The van der Waals surface area contributed by atoms with Crippen molar-refractivity contribution in [1.29, 1.82) is 0 Å². The zero-order valence-electron chi connectivity index (χ0n) is 15.5. The van der Waals surface area contributed by atoms with Gasteiger partial charge in [0.05, 0.1) is 12.7 Å². The van der Waals surface area contributed by atoms with Crippen molar-refractivity contribution < 1.29 is 14.3 Å². The largest absolute Gasteiger partial charge is 0.465 e. The molecule has 1 aromatic carbocycles. The topological polar surface area (TPSA) is 49.9 Å². The zero-order valence-corrected chi connectivity index (χ0v) is 15.5. The SMILES string of the molecule is COC(=O)c1ccc(C2C[C@H]3CC[C@H](C2)N3C(=O)N2CCCCC2)cc1. The number of hydrogen-bond acceptors (Lipinski definition) is 3. The average molecular weight is 356 g/mol. The van der Waals surface area contributed by atoms with Crippen LogP contribution >= 0.6 is 0 Å². The standard InChI is InChI=1S/C21H28N2O3/c1-26-20(24)16-7-5-15(6-8-16)17-13-18-9-10-19(14-17)23(18)21(25)22-11-3-2-4-12-22/h5-8,17-19H,2-4,9-14H2,1H3/t18-,19-/m1/s1. The number of carbonyl (C=O) groups excluding carboxylic acids is 2. The van der Waals surface area contributed by atoms with E-state index >= 15 is 0 Å². The van der Waals surface area contributed by atoms with Crippen LogP contribution in [0.15, 0.2) is 24.3 Å². The molecule has 2 amide bonds. The Kier molecular flexibility index (Phi) is 4.88. The van der Waals surface area contributed by atoms with E-state index in [0.717, 1.165) is 51.6 Å². The van der Waals surface area contributed by atoms with Crippen LogP contribution in [-0.2, 0) is 4.74 Å². The van der Waals surface area contributed by atoms with Crippen molar-refractivity contribution >= 4 is 12.0 Å². The Labute approximate surface area is 155 Å². The molecule has 0 radical (unpaired) electrons. The van der Waals surface area contributed by atoms with Gasteiger partial charge in [0.1, 0.15) is 0 Å². The number of urea groups is 1. The second kappa shape index (κ2) is 7.29. The fourth-order valence-electron chi connectivity index (χ4n) is 5.02. The predicted molar refractivity (Wildman–Crippen MR) is 99.2 cm³/mol. The van der Waals surface area contributed by atoms with E-state index in [1.54, 1.807) is 0 Å². The van der Waals surface area contributed by atoms with E-state index in [-0.39, 0.29) is 12.0 Å². The monoisotopic (exact) mass is 356 g/mol. The van der Waals surface area contributed by atoms with Crippen molar-refractivity contribution in [2.45, 2.75) is 62.9 Å². The Morgan fingerprint density at radius 1 is 0.962 bits per heavy atom. The van der Waals surface area contributed by atoms with Crippen molar-refractivity contribution in [2.75, 3.05) is 20.2 Å². The van der Waals surface area contributed by atoms with Crippen LogP contribution in [0.4, 0.5) is 4.79 Å². The molecular formula is C21H28N2O3. The van der Waals surface area contributed by atoms with E-state index in [1.807, 2.05) is 12.1 Å². The van der Waals surface area contributed by atoms with Crippen LogP contribution in [0.25, 0.3) is 0 Å². The van der Waals surface area contributed by atoms with E-state index in [1.165, 1.54) is 19.1 Å². The molecule has 3 saturated heterocycles. The highest BCUT2D eigenvalue weighted by Gasteiger charge is 2.44. The van der Waals surface area contributed by atoms with E-state index in [4.69, 9.17) is 4.74 Å². The molecule has 4 rings (SSSR count). The number of nitrogens with zero attached hydrogens (tertiary/aromatic N) is 2. The summed E-state index contributed by atoms with van der Waals surface area (Å²) in [6.07, 6.45) is 7.86. The molecule has 0 unspecified atom stereocenters. The second-order valence-corrected chi connectivity index (χ2v) is 7.90. The molecule has 5 nitrogen and oxygen atoms in total. The molecule has 0 saturated carbocycles. The summed E-state index contributed by atoms with van der Waals surface area (Å²) in [6.45, 7) is 1.85. The van der Waals surface area contributed by atoms with Gasteiger partial charge in [0.25, 0.3) is 0 Å². The Bertz CT molecular complexity index is 652. The van der Waals surface area contributed by atoms with Gasteiger partial charge in [-0.05, 0) is 68.6 Å². The van der Waals surface area contributed by atoms with Crippen LogP contribution in [0.5, 0.6) is 0 Å².